The standard InChI is InChI=1S/C9H14N/c1-2-8(3-1)9-4-6-10-7-5-9/h4,6-10H,1-3,5H2. The van der Waals surface area contributed by atoms with Gasteiger partial charge >= 0.3 is 0 Å². The summed E-state index contributed by atoms with van der Waals surface area (Å²) in [7, 11) is 0. The van der Waals surface area contributed by atoms with Gasteiger partial charge in [0.25, 0.3) is 0 Å². The third kappa shape index (κ3) is 1.05. The molecule has 1 aliphatic carbocycles. The Bertz CT molecular complexity index is 136. The largest absolute Gasteiger partial charge is 0.386 e. The number of hydrogen-bond acceptors (Lipinski definition) is 1. The van der Waals surface area contributed by atoms with Crippen molar-refractivity contribution >= 4 is 0 Å². The van der Waals surface area contributed by atoms with Crippen LogP contribution in [0.3, 0.4) is 0 Å². The molecule has 0 aromatic rings. The summed E-state index contributed by atoms with van der Waals surface area (Å²) in [4.78, 5) is 0. The zero-order chi connectivity index (χ0) is 6.81. The van der Waals surface area contributed by atoms with Crippen LogP contribution in [0.25, 0.3) is 0 Å². The zero-order valence-electron chi connectivity index (χ0n) is 6.22. The molecule has 2 aliphatic rings. The normalized spacial score (nSPS) is 33.0. The molecule has 0 amide bonds. The summed E-state index contributed by atoms with van der Waals surface area (Å²) in [6.45, 7) is 2.17. The van der Waals surface area contributed by atoms with E-state index in [0.29, 0.717) is 0 Å². The summed E-state index contributed by atoms with van der Waals surface area (Å²) in [6.07, 6.45) is 10.0. The van der Waals surface area contributed by atoms with Crippen LogP contribution in [0.1, 0.15) is 25.7 Å². The Labute approximate surface area is 62.5 Å². The van der Waals surface area contributed by atoms with Crippen molar-refractivity contribution in [3.05, 3.63) is 18.8 Å². The minimum absolute atomic E-state index is 0.856. The molecule has 1 radical (unpaired) electrons. The lowest BCUT2D eigenvalue weighted by Crippen LogP contribution is -2.24. The van der Waals surface area contributed by atoms with Crippen LogP contribution in [-0.4, -0.2) is 0 Å². The van der Waals surface area contributed by atoms with Gasteiger partial charge in [-0.3, -0.25) is 0 Å². The molecule has 1 aliphatic heterocycles. The summed E-state index contributed by atoms with van der Waals surface area (Å²) in [5.41, 5.74) is 0. The first kappa shape index (κ1) is 6.26. The van der Waals surface area contributed by atoms with E-state index in [-0.39, 0.29) is 0 Å². The Morgan fingerprint density at radius 1 is 1.30 bits per heavy atom. The lowest BCUT2D eigenvalue weighted by atomic mass is 9.74. The van der Waals surface area contributed by atoms with Crippen molar-refractivity contribution in [1.29, 1.82) is 0 Å². The fourth-order valence-electron chi connectivity index (χ4n) is 1.75. The first-order chi connectivity index (χ1) is 4.97. The van der Waals surface area contributed by atoms with E-state index in [1.807, 2.05) is 0 Å². The van der Waals surface area contributed by atoms with Crippen molar-refractivity contribution in [2.75, 3.05) is 0 Å². The second-order valence-electron chi connectivity index (χ2n) is 3.32. The highest BCUT2D eigenvalue weighted by Gasteiger charge is 2.25. The van der Waals surface area contributed by atoms with Gasteiger partial charge in [0.2, 0.25) is 0 Å². The zero-order valence-corrected chi connectivity index (χ0v) is 6.22. The monoisotopic (exact) mass is 136 g/mol. The van der Waals surface area contributed by atoms with Gasteiger partial charge in [0, 0.05) is 6.54 Å². The van der Waals surface area contributed by atoms with Crippen molar-refractivity contribution in [2.45, 2.75) is 25.7 Å². The average molecular weight is 136 g/mol. The fourth-order valence-corrected chi connectivity index (χ4v) is 1.75. The van der Waals surface area contributed by atoms with Crippen LogP contribution < -0.4 is 5.32 Å². The van der Waals surface area contributed by atoms with E-state index in [0.717, 1.165) is 11.8 Å². The predicted octanol–water partition coefficient (Wildman–Crippen LogP) is 2.07. The van der Waals surface area contributed by atoms with Crippen molar-refractivity contribution < 1.29 is 0 Å². The molecule has 1 heteroatoms. The third-order valence-electron chi connectivity index (χ3n) is 2.70. The molecule has 1 heterocycles. The number of rotatable bonds is 1. The summed E-state index contributed by atoms with van der Waals surface area (Å²) in [5.74, 6) is 1.87. The number of hydrogen-bond donors (Lipinski definition) is 1. The Balaban J connectivity index is 1.90. The number of nitrogens with one attached hydrogen (secondary N) is 1. The molecule has 1 saturated carbocycles. The average Bonchev–Trinajstić information content (AvgIpc) is 1.86. The van der Waals surface area contributed by atoms with E-state index in [1.165, 1.54) is 25.7 Å². The van der Waals surface area contributed by atoms with E-state index in [9.17, 15) is 0 Å². The van der Waals surface area contributed by atoms with Gasteiger partial charge < -0.3 is 5.32 Å². The van der Waals surface area contributed by atoms with Crippen LogP contribution in [-0.2, 0) is 0 Å². The maximum Gasteiger partial charge on any atom is 0.0462 e. The van der Waals surface area contributed by atoms with E-state index >= 15 is 0 Å². The maximum absolute atomic E-state index is 3.11. The van der Waals surface area contributed by atoms with Gasteiger partial charge in [0.1, 0.15) is 0 Å². The Hall–Kier alpha value is -0.460. The summed E-state index contributed by atoms with van der Waals surface area (Å²) in [5, 5.41) is 3.11. The van der Waals surface area contributed by atoms with Gasteiger partial charge in [-0.1, -0.05) is 12.5 Å². The minimum atomic E-state index is 0.856. The summed E-state index contributed by atoms with van der Waals surface area (Å²) >= 11 is 0. The predicted molar refractivity (Wildman–Crippen MR) is 42.0 cm³/mol. The minimum Gasteiger partial charge on any atom is -0.386 e. The molecule has 0 saturated heterocycles. The quantitative estimate of drug-likeness (QED) is 0.582. The highest BCUT2D eigenvalue weighted by atomic mass is 14.8. The van der Waals surface area contributed by atoms with Gasteiger partial charge in [-0.15, -0.1) is 0 Å². The van der Waals surface area contributed by atoms with Gasteiger partial charge in [-0.05, 0) is 37.3 Å². The molecule has 0 aromatic heterocycles. The first-order valence-corrected chi connectivity index (χ1v) is 4.21. The second-order valence-corrected chi connectivity index (χ2v) is 3.32. The molecule has 2 rings (SSSR count). The van der Waals surface area contributed by atoms with Crippen LogP contribution in [0.5, 0.6) is 0 Å². The third-order valence-corrected chi connectivity index (χ3v) is 2.70. The Morgan fingerprint density at radius 3 is 2.70 bits per heavy atom. The number of allylic oxidation sites excluding steroid dienone is 1. The topological polar surface area (TPSA) is 12.0 Å². The van der Waals surface area contributed by atoms with Crippen molar-refractivity contribution in [2.24, 2.45) is 11.8 Å². The SMILES string of the molecule is [CH]1CC(C2CCC2)C=CN1. The molecule has 1 N–H and O–H groups in total. The maximum atomic E-state index is 3.11. The van der Waals surface area contributed by atoms with Gasteiger partial charge in [0.05, 0.1) is 0 Å². The molecule has 0 spiro atoms. The molecule has 10 heavy (non-hydrogen) atoms. The Morgan fingerprint density at radius 2 is 2.20 bits per heavy atom. The van der Waals surface area contributed by atoms with Crippen LogP contribution >= 0.6 is 0 Å². The van der Waals surface area contributed by atoms with Crippen LogP contribution in [0.15, 0.2) is 12.3 Å². The lowest BCUT2D eigenvalue weighted by Gasteiger charge is -2.33. The van der Waals surface area contributed by atoms with Gasteiger partial charge in [-0.25, -0.2) is 0 Å². The van der Waals surface area contributed by atoms with Crippen LogP contribution in [0, 0.1) is 18.4 Å². The molecule has 1 atom stereocenters. The van der Waals surface area contributed by atoms with E-state index in [4.69, 9.17) is 0 Å². The highest BCUT2D eigenvalue weighted by Crippen LogP contribution is 2.36. The molecule has 1 unspecified atom stereocenters. The molecule has 0 bridgehead atoms. The molecule has 0 aromatic carbocycles. The highest BCUT2D eigenvalue weighted by molar-refractivity contribution is 5.00. The van der Waals surface area contributed by atoms with Crippen molar-refractivity contribution in [3.8, 4) is 0 Å². The summed E-state index contributed by atoms with van der Waals surface area (Å²) in [6, 6.07) is 0. The molecular weight excluding hydrogens is 122 g/mol. The summed E-state index contributed by atoms with van der Waals surface area (Å²) < 4.78 is 0. The molecular formula is C9H14N. The van der Waals surface area contributed by atoms with Crippen LogP contribution in [0.2, 0.25) is 0 Å². The molecule has 1 nitrogen and oxygen atoms in total. The lowest BCUT2D eigenvalue weighted by molar-refractivity contribution is 0.235. The fraction of sp³-hybridized carbons (Fsp3) is 0.667. The Kier molecular flexibility index (Phi) is 1.66. The smallest absolute Gasteiger partial charge is 0.0462 e. The molecule has 55 valence electrons. The van der Waals surface area contributed by atoms with Crippen molar-refractivity contribution in [1.82, 2.24) is 5.32 Å². The second kappa shape index (κ2) is 2.65. The van der Waals surface area contributed by atoms with E-state index in [1.54, 1.807) is 0 Å². The molecule has 1 fully saturated rings. The van der Waals surface area contributed by atoms with E-state index in [2.05, 4.69) is 24.1 Å². The van der Waals surface area contributed by atoms with E-state index < -0.39 is 0 Å². The van der Waals surface area contributed by atoms with Gasteiger partial charge in [-0.2, -0.15) is 0 Å². The first-order valence-electron chi connectivity index (χ1n) is 4.21. The van der Waals surface area contributed by atoms with Gasteiger partial charge in [0.15, 0.2) is 0 Å². The van der Waals surface area contributed by atoms with Crippen LogP contribution in [0.4, 0.5) is 0 Å². The van der Waals surface area contributed by atoms with Crippen molar-refractivity contribution in [3.63, 3.8) is 0 Å².